The van der Waals surface area contributed by atoms with E-state index in [-0.39, 0.29) is 6.04 Å². The molecule has 2 aromatic carbocycles. The lowest BCUT2D eigenvalue weighted by molar-refractivity contribution is 0.378. The Morgan fingerprint density at radius 1 is 1.05 bits per heavy atom. The van der Waals surface area contributed by atoms with Gasteiger partial charge in [0.15, 0.2) is 0 Å². The molecule has 4 heteroatoms. The van der Waals surface area contributed by atoms with Crippen molar-refractivity contribution in [2.75, 3.05) is 21.3 Å². The van der Waals surface area contributed by atoms with Gasteiger partial charge in [-0.05, 0) is 49.4 Å². The third kappa shape index (κ3) is 3.22. The molecule has 0 heterocycles. The van der Waals surface area contributed by atoms with Crippen LogP contribution in [0.15, 0.2) is 40.9 Å². The molecule has 0 spiro atoms. The van der Waals surface area contributed by atoms with Crippen LogP contribution in [0.1, 0.15) is 22.7 Å². The fraction of sp³-hybridized carbons (Fsp3) is 0.294. The Morgan fingerprint density at radius 3 is 2.19 bits per heavy atom. The molecule has 3 nitrogen and oxygen atoms in total. The SMILES string of the molecule is CNC(c1cc(Br)ccc1C)c1c(OC)cccc1OC. The van der Waals surface area contributed by atoms with Gasteiger partial charge in [0.25, 0.3) is 0 Å². The Bertz CT molecular complexity index is 606. The van der Waals surface area contributed by atoms with Crippen LogP contribution in [0.3, 0.4) is 0 Å². The van der Waals surface area contributed by atoms with E-state index in [1.807, 2.05) is 31.3 Å². The van der Waals surface area contributed by atoms with E-state index in [1.54, 1.807) is 14.2 Å². The maximum absolute atomic E-state index is 5.53. The first-order valence-electron chi connectivity index (χ1n) is 6.76. The first kappa shape index (κ1) is 15.9. The average Bonchev–Trinajstić information content (AvgIpc) is 2.51. The molecule has 2 rings (SSSR count). The molecule has 112 valence electrons. The molecule has 0 aromatic heterocycles. The molecule has 1 atom stereocenters. The maximum atomic E-state index is 5.53. The van der Waals surface area contributed by atoms with E-state index >= 15 is 0 Å². The number of hydrogen-bond acceptors (Lipinski definition) is 3. The predicted octanol–water partition coefficient (Wildman–Crippen LogP) is 4.08. The number of halogens is 1. The molecular formula is C17H20BrNO2. The standard InChI is InChI=1S/C17H20BrNO2/c1-11-8-9-12(18)10-13(11)17(19-2)16-14(20-3)6-5-7-15(16)21-4/h5-10,17,19H,1-4H3. The van der Waals surface area contributed by atoms with Crippen molar-refractivity contribution in [1.29, 1.82) is 0 Å². The van der Waals surface area contributed by atoms with Crippen LogP contribution in [0.4, 0.5) is 0 Å². The second kappa shape index (κ2) is 6.96. The fourth-order valence-electron chi connectivity index (χ4n) is 2.54. The maximum Gasteiger partial charge on any atom is 0.127 e. The highest BCUT2D eigenvalue weighted by molar-refractivity contribution is 9.10. The lowest BCUT2D eigenvalue weighted by Gasteiger charge is -2.24. The van der Waals surface area contributed by atoms with Gasteiger partial charge in [0.1, 0.15) is 11.5 Å². The number of hydrogen-bond donors (Lipinski definition) is 1. The first-order valence-corrected chi connectivity index (χ1v) is 7.55. The van der Waals surface area contributed by atoms with Crippen molar-refractivity contribution in [2.24, 2.45) is 0 Å². The van der Waals surface area contributed by atoms with Crippen LogP contribution in [-0.4, -0.2) is 21.3 Å². The minimum atomic E-state index is -0.00593. The average molecular weight is 350 g/mol. The van der Waals surface area contributed by atoms with Crippen molar-refractivity contribution < 1.29 is 9.47 Å². The van der Waals surface area contributed by atoms with Gasteiger partial charge in [0.05, 0.1) is 25.8 Å². The Labute approximate surface area is 134 Å². The van der Waals surface area contributed by atoms with Crippen LogP contribution < -0.4 is 14.8 Å². The van der Waals surface area contributed by atoms with Gasteiger partial charge in [-0.1, -0.05) is 28.1 Å². The number of aryl methyl sites for hydroxylation is 1. The van der Waals surface area contributed by atoms with E-state index in [4.69, 9.17) is 9.47 Å². The summed E-state index contributed by atoms with van der Waals surface area (Å²) >= 11 is 3.55. The molecule has 1 N–H and O–H groups in total. The van der Waals surface area contributed by atoms with E-state index in [0.29, 0.717) is 0 Å². The minimum Gasteiger partial charge on any atom is -0.496 e. The zero-order valence-electron chi connectivity index (χ0n) is 12.7. The molecule has 0 fully saturated rings. The van der Waals surface area contributed by atoms with Crippen LogP contribution in [0.2, 0.25) is 0 Å². The molecule has 0 saturated heterocycles. The molecular weight excluding hydrogens is 330 g/mol. The smallest absolute Gasteiger partial charge is 0.127 e. The molecule has 0 amide bonds. The topological polar surface area (TPSA) is 30.5 Å². The van der Waals surface area contributed by atoms with E-state index < -0.39 is 0 Å². The molecule has 1 unspecified atom stereocenters. The molecule has 0 bridgehead atoms. The van der Waals surface area contributed by atoms with Gasteiger partial charge < -0.3 is 14.8 Å². The van der Waals surface area contributed by atoms with Crippen LogP contribution in [-0.2, 0) is 0 Å². The van der Waals surface area contributed by atoms with Crippen LogP contribution >= 0.6 is 15.9 Å². The fourth-order valence-corrected chi connectivity index (χ4v) is 2.92. The van der Waals surface area contributed by atoms with Gasteiger partial charge >= 0.3 is 0 Å². The number of nitrogens with one attached hydrogen (secondary N) is 1. The van der Waals surface area contributed by atoms with Crippen molar-refractivity contribution in [1.82, 2.24) is 5.32 Å². The second-order valence-corrected chi connectivity index (χ2v) is 5.71. The molecule has 21 heavy (non-hydrogen) atoms. The highest BCUT2D eigenvalue weighted by Crippen LogP contribution is 2.38. The third-order valence-corrected chi connectivity index (χ3v) is 4.09. The largest absolute Gasteiger partial charge is 0.496 e. The summed E-state index contributed by atoms with van der Waals surface area (Å²) in [5.74, 6) is 1.63. The summed E-state index contributed by atoms with van der Waals surface area (Å²) < 4.78 is 12.1. The van der Waals surface area contributed by atoms with Crippen molar-refractivity contribution >= 4 is 15.9 Å². The summed E-state index contributed by atoms with van der Waals surface area (Å²) in [7, 11) is 5.30. The Kier molecular flexibility index (Phi) is 5.26. The van der Waals surface area contributed by atoms with E-state index in [2.05, 4.69) is 40.3 Å². The third-order valence-electron chi connectivity index (χ3n) is 3.60. The highest BCUT2D eigenvalue weighted by Gasteiger charge is 2.22. The molecule has 2 aromatic rings. The Morgan fingerprint density at radius 2 is 1.67 bits per heavy atom. The molecule has 0 aliphatic carbocycles. The number of ether oxygens (including phenoxy) is 2. The second-order valence-electron chi connectivity index (χ2n) is 4.80. The van der Waals surface area contributed by atoms with Crippen LogP contribution in [0.25, 0.3) is 0 Å². The van der Waals surface area contributed by atoms with Crippen molar-refractivity contribution in [3.05, 3.63) is 57.6 Å². The number of methoxy groups -OCH3 is 2. The van der Waals surface area contributed by atoms with E-state index in [1.165, 1.54) is 11.1 Å². The molecule has 0 aliphatic rings. The van der Waals surface area contributed by atoms with Crippen molar-refractivity contribution in [2.45, 2.75) is 13.0 Å². The number of benzene rings is 2. The summed E-state index contributed by atoms with van der Waals surface area (Å²) in [6.07, 6.45) is 0. The highest BCUT2D eigenvalue weighted by atomic mass is 79.9. The summed E-state index contributed by atoms with van der Waals surface area (Å²) in [5, 5.41) is 3.37. The molecule has 0 aliphatic heterocycles. The van der Waals surface area contributed by atoms with Gasteiger partial charge in [-0.15, -0.1) is 0 Å². The molecule has 0 radical (unpaired) electrons. The van der Waals surface area contributed by atoms with Gasteiger partial charge in [-0.3, -0.25) is 0 Å². The lowest BCUT2D eigenvalue weighted by atomic mass is 9.93. The van der Waals surface area contributed by atoms with Gasteiger partial charge in [-0.25, -0.2) is 0 Å². The summed E-state index contributed by atoms with van der Waals surface area (Å²) in [6.45, 7) is 2.11. The minimum absolute atomic E-state index is 0.00593. The Balaban J connectivity index is 2.63. The lowest BCUT2D eigenvalue weighted by Crippen LogP contribution is -2.20. The number of rotatable bonds is 5. The first-order chi connectivity index (χ1) is 10.1. The van der Waals surface area contributed by atoms with Crippen molar-refractivity contribution in [3.63, 3.8) is 0 Å². The monoisotopic (exact) mass is 349 g/mol. The van der Waals surface area contributed by atoms with E-state index in [9.17, 15) is 0 Å². The summed E-state index contributed by atoms with van der Waals surface area (Å²) in [6, 6.07) is 12.1. The van der Waals surface area contributed by atoms with Crippen LogP contribution in [0, 0.1) is 6.92 Å². The molecule has 0 saturated carbocycles. The normalized spacial score (nSPS) is 12.0. The van der Waals surface area contributed by atoms with Crippen molar-refractivity contribution in [3.8, 4) is 11.5 Å². The van der Waals surface area contributed by atoms with Crippen LogP contribution in [0.5, 0.6) is 11.5 Å². The van der Waals surface area contributed by atoms with E-state index in [0.717, 1.165) is 21.5 Å². The zero-order chi connectivity index (χ0) is 15.4. The zero-order valence-corrected chi connectivity index (χ0v) is 14.3. The quantitative estimate of drug-likeness (QED) is 0.881. The Hall–Kier alpha value is -1.52. The summed E-state index contributed by atoms with van der Waals surface area (Å²) in [4.78, 5) is 0. The van der Waals surface area contributed by atoms with Gasteiger partial charge in [0.2, 0.25) is 0 Å². The predicted molar refractivity (Wildman–Crippen MR) is 89.3 cm³/mol. The van der Waals surface area contributed by atoms with Gasteiger partial charge in [0, 0.05) is 4.47 Å². The summed E-state index contributed by atoms with van der Waals surface area (Å²) in [5.41, 5.74) is 3.41. The van der Waals surface area contributed by atoms with Gasteiger partial charge in [-0.2, -0.15) is 0 Å².